The Morgan fingerprint density at radius 2 is 1.52 bits per heavy atom. The van der Waals surface area contributed by atoms with E-state index in [1.54, 1.807) is 22.2 Å². The van der Waals surface area contributed by atoms with Gasteiger partial charge in [0.1, 0.15) is 18.4 Å². The summed E-state index contributed by atoms with van der Waals surface area (Å²) < 4.78 is 9.35. The van der Waals surface area contributed by atoms with Crippen molar-refractivity contribution in [3.05, 3.63) is 111 Å². The number of nitrogens with zero attached hydrogens (tertiary/aromatic N) is 8. The fourth-order valence-corrected chi connectivity index (χ4v) is 10.9. The summed E-state index contributed by atoms with van der Waals surface area (Å²) in [4.78, 5) is 54.6. The van der Waals surface area contributed by atoms with Crippen LogP contribution in [0.5, 0.6) is 5.75 Å². The van der Waals surface area contributed by atoms with Gasteiger partial charge >= 0.3 is 5.69 Å². The Bertz CT molecular complexity index is 2610. The fraction of sp³-hybridized carbons (Fsp3) is 0.480. The molecule has 4 aliphatic rings. The summed E-state index contributed by atoms with van der Waals surface area (Å²) in [7, 11) is 1.76. The summed E-state index contributed by atoms with van der Waals surface area (Å²) in [5, 5.41) is 12.4. The van der Waals surface area contributed by atoms with Gasteiger partial charge in [-0.1, -0.05) is 37.6 Å². The maximum absolute atomic E-state index is 13.3. The van der Waals surface area contributed by atoms with Crippen LogP contribution in [0.3, 0.4) is 0 Å². The highest BCUT2D eigenvalue weighted by molar-refractivity contribution is 6.30. The van der Waals surface area contributed by atoms with Gasteiger partial charge in [0.05, 0.1) is 28.4 Å². The maximum Gasteiger partial charge on any atom is 0.329 e. The number of nitrogens with one attached hydrogen (secondary N) is 1. The van der Waals surface area contributed by atoms with Gasteiger partial charge in [0.15, 0.2) is 0 Å². The molecule has 4 fully saturated rings. The molecule has 0 radical (unpaired) electrons. The molecule has 5 aromatic rings. The number of nitriles is 1. The SMILES string of the molecule is Cn1c(=O)n(C2CCC(=O)NC2=O)c2ccc(N3CCC(C4CCN(CC5CCN(c6nccc(COc7ccc(C(C)(C)c8cc(Cl)cc(C#N)c8)cc7)n6)CC5)CC4)CC3)cc21. The van der Waals surface area contributed by atoms with Crippen molar-refractivity contribution in [2.75, 3.05) is 55.6 Å². The Hall–Kier alpha value is -5.71. The lowest BCUT2D eigenvalue weighted by molar-refractivity contribution is -0.135. The van der Waals surface area contributed by atoms with E-state index in [4.69, 9.17) is 21.3 Å². The van der Waals surface area contributed by atoms with Gasteiger partial charge in [0.25, 0.3) is 0 Å². The highest BCUT2D eigenvalue weighted by atomic mass is 35.5. The number of piperidine rings is 4. The van der Waals surface area contributed by atoms with Gasteiger partial charge in [-0.2, -0.15) is 5.26 Å². The van der Waals surface area contributed by atoms with Gasteiger partial charge < -0.3 is 19.4 Å². The molecule has 334 valence electrons. The number of anilines is 2. The van der Waals surface area contributed by atoms with Gasteiger partial charge in [0.2, 0.25) is 17.8 Å². The molecule has 13 nitrogen and oxygen atoms in total. The smallest absolute Gasteiger partial charge is 0.329 e. The molecule has 64 heavy (non-hydrogen) atoms. The average Bonchev–Trinajstić information content (AvgIpc) is 3.56. The molecule has 1 N–H and O–H groups in total. The van der Waals surface area contributed by atoms with E-state index < -0.39 is 11.9 Å². The molecule has 14 heteroatoms. The third kappa shape index (κ3) is 9.13. The summed E-state index contributed by atoms with van der Waals surface area (Å²) in [6.07, 6.45) is 9.57. The molecule has 1 atom stereocenters. The third-order valence-corrected chi connectivity index (χ3v) is 14.8. The van der Waals surface area contributed by atoms with Crippen molar-refractivity contribution >= 4 is 46.1 Å². The van der Waals surface area contributed by atoms with Crippen LogP contribution in [0.25, 0.3) is 11.0 Å². The molecule has 0 saturated carbocycles. The van der Waals surface area contributed by atoms with Crippen LogP contribution >= 0.6 is 11.6 Å². The largest absolute Gasteiger partial charge is 0.487 e. The zero-order chi connectivity index (χ0) is 44.5. The Kier molecular flexibility index (Phi) is 12.5. The first-order valence-electron chi connectivity index (χ1n) is 23.0. The molecular formula is C50H58ClN9O4. The van der Waals surface area contributed by atoms with Gasteiger partial charge in [-0.25, -0.2) is 14.8 Å². The molecule has 0 aliphatic carbocycles. The van der Waals surface area contributed by atoms with E-state index >= 15 is 0 Å². The molecular weight excluding hydrogens is 826 g/mol. The van der Waals surface area contributed by atoms with Gasteiger partial charge in [-0.15, -0.1) is 0 Å². The standard InChI is InChI=1S/C50H58ClN9O4/c1-50(2,38-26-34(30-52)27-39(51)28-38)37-4-7-42(8-5-37)64-32-40-12-19-53-48(54-40)59-22-13-33(14-23-59)31-57-20-15-35(16-21-57)36-17-24-58(25-18-36)41-6-9-43-45(29-41)56(3)49(63)60(43)44-10-11-46(61)55-47(44)62/h4-9,12,19,26-29,33,35-36,44H,10-11,13-18,20-25,31-32H2,1-3H3,(H,55,61,62). The van der Waals surface area contributed by atoms with Crippen LogP contribution < -0.4 is 25.5 Å². The number of benzene rings is 3. The third-order valence-electron chi connectivity index (χ3n) is 14.6. The van der Waals surface area contributed by atoms with Gasteiger partial charge in [0, 0.05) is 68.5 Å². The molecule has 3 aromatic carbocycles. The number of hydrogen-bond donors (Lipinski definition) is 1. The topological polar surface area (TPSA) is 142 Å². The minimum Gasteiger partial charge on any atom is -0.487 e. The van der Waals surface area contributed by atoms with Crippen LogP contribution in [0.15, 0.2) is 77.7 Å². The monoisotopic (exact) mass is 883 g/mol. The summed E-state index contributed by atoms with van der Waals surface area (Å²) in [6, 6.07) is 23.2. The Morgan fingerprint density at radius 1 is 0.812 bits per heavy atom. The summed E-state index contributed by atoms with van der Waals surface area (Å²) in [6.45, 7) is 12.1. The number of ether oxygens (including phenoxy) is 1. The first-order valence-corrected chi connectivity index (χ1v) is 23.3. The predicted molar refractivity (Wildman–Crippen MR) is 249 cm³/mol. The normalized spacial score (nSPS) is 19.8. The number of imidazole rings is 1. The predicted octanol–water partition coefficient (Wildman–Crippen LogP) is 7.38. The molecule has 2 amide bonds. The van der Waals surface area contributed by atoms with Crippen LogP contribution in [-0.4, -0.2) is 81.6 Å². The maximum atomic E-state index is 13.3. The van der Waals surface area contributed by atoms with Crippen LogP contribution in [0.2, 0.25) is 5.02 Å². The van der Waals surface area contributed by atoms with Crippen molar-refractivity contribution in [2.45, 2.75) is 83.3 Å². The molecule has 9 rings (SSSR count). The number of likely N-dealkylation sites (tertiary alicyclic amines) is 1. The molecule has 6 heterocycles. The van der Waals surface area contributed by atoms with E-state index in [1.165, 1.54) is 45.3 Å². The average molecular weight is 885 g/mol. The second-order valence-corrected chi connectivity index (χ2v) is 19.3. The molecule has 4 saturated heterocycles. The number of carbonyl (C=O) groups is 2. The number of rotatable bonds is 11. The van der Waals surface area contributed by atoms with E-state index in [-0.39, 0.29) is 23.4 Å². The molecule has 2 aromatic heterocycles. The first-order chi connectivity index (χ1) is 30.9. The number of aromatic nitrogens is 4. The fourth-order valence-electron chi connectivity index (χ4n) is 10.6. The van der Waals surface area contributed by atoms with E-state index in [1.807, 2.05) is 42.6 Å². The number of halogens is 1. The van der Waals surface area contributed by atoms with Crippen molar-refractivity contribution in [2.24, 2.45) is 24.8 Å². The van der Waals surface area contributed by atoms with Crippen LogP contribution in [-0.2, 0) is 28.7 Å². The van der Waals surface area contributed by atoms with Gasteiger partial charge in [-0.3, -0.25) is 24.0 Å². The minimum atomic E-state index is -0.673. The summed E-state index contributed by atoms with van der Waals surface area (Å²) >= 11 is 6.32. The number of amides is 2. The number of hydrogen-bond acceptors (Lipinski definition) is 10. The molecule has 1 unspecified atom stereocenters. The quantitative estimate of drug-likeness (QED) is 0.134. The lowest BCUT2D eigenvalue weighted by Crippen LogP contribution is -2.44. The Morgan fingerprint density at radius 3 is 2.22 bits per heavy atom. The van der Waals surface area contributed by atoms with Crippen molar-refractivity contribution in [3.8, 4) is 11.8 Å². The Balaban J connectivity index is 0.706. The lowest BCUT2D eigenvalue weighted by Gasteiger charge is -2.42. The van der Waals surface area contributed by atoms with Crippen LogP contribution in [0.4, 0.5) is 11.6 Å². The van der Waals surface area contributed by atoms with E-state index in [2.05, 4.69) is 69.2 Å². The van der Waals surface area contributed by atoms with Crippen molar-refractivity contribution in [3.63, 3.8) is 0 Å². The number of carbonyl (C=O) groups excluding carboxylic acids is 2. The second-order valence-electron chi connectivity index (χ2n) is 18.9. The highest BCUT2D eigenvalue weighted by Gasteiger charge is 2.34. The zero-order valence-corrected chi connectivity index (χ0v) is 37.9. The van der Waals surface area contributed by atoms with E-state index in [0.717, 1.165) is 96.1 Å². The minimum absolute atomic E-state index is 0.231. The van der Waals surface area contributed by atoms with E-state index in [0.29, 0.717) is 29.5 Å². The number of fused-ring (bicyclic) bond motifs is 1. The number of imide groups is 1. The van der Waals surface area contributed by atoms with Crippen LogP contribution in [0.1, 0.15) is 93.6 Å². The second kappa shape index (κ2) is 18.4. The summed E-state index contributed by atoms with van der Waals surface area (Å²) in [5.41, 5.74) is 5.57. The van der Waals surface area contributed by atoms with E-state index in [9.17, 15) is 19.6 Å². The highest BCUT2D eigenvalue weighted by Crippen LogP contribution is 2.37. The van der Waals surface area contributed by atoms with Gasteiger partial charge in [-0.05, 0) is 142 Å². The molecule has 4 aliphatic heterocycles. The Labute approximate surface area is 380 Å². The number of aryl methyl sites for hydroxylation is 1. The molecule has 0 bridgehead atoms. The first kappa shape index (κ1) is 43.5. The van der Waals surface area contributed by atoms with Crippen molar-refractivity contribution < 1.29 is 14.3 Å². The molecule has 0 spiro atoms. The summed E-state index contributed by atoms with van der Waals surface area (Å²) in [5.74, 6) is 3.04. The zero-order valence-electron chi connectivity index (χ0n) is 37.1. The van der Waals surface area contributed by atoms with Crippen molar-refractivity contribution in [1.29, 1.82) is 5.26 Å². The lowest BCUT2D eigenvalue weighted by atomic mass is 9.78. The van der Waals surface area contributed by atoms with Crippen molar-refractivity contribution in [1.82, 2.24) is 29.3 Å². The van der Waals surface area contributed by atoms with Crippen LogP contribution in [0, 0.1) is 29.1 Å².